The number of ether oxygens (including phenoxy) is 3. The first-order chi connectivity index (χ1) is 13.0. The molecule has 1 aromatic heterocycles. The Bertz CT molecular complexity index is 670. The maximum Gasteiger partial charge on any atom is 0.186 e. The third-order valence-electron chi connectivity index (χ3n) is 4.92. The van der Waals surface area contributed by atoms with Crippen LogP contribution in [0.5, 0.6) is 5.75 Å². The van der Waals surface area contributed by atoms with Gasteiger partial charge in [-0.1, -0.05) is 39.3 Å². The van der Waals surface area contributed by atoms with E-state index in [1.807, 2.05) is 17.1 Å². The third-order valence-corrected chi connectivity index (χ3v) is 4.92. The van der Waals surface area contributed by atoms with E-state index in [4.69, 9.17) is 14.2 Å². The van der Waals surface area contributed by atoms with Gasteiger partial charge < -0.3 is 18.8 Å². The summed E-state index contributed by atoms with van der Waals surface area (Å²) < 4.78 is 20.3. The summed E-state index contributed by atoms with van der Waals surface area (Å²) in [6.07, 6.45) is 9.49. The first-order valence-electron chi connectivity index (χ1n) is 9.96. The van der Waals surface area contributed by atoms with Crippen molar-refractivity contribution in [2.24, 2.45) is 5.41 Å². The van der Waals surface area contributed by atoms with Crippen LogP contribution >= 0.6 is 0 Å². The molecule has 2 heterocycles. The van der Waals surface area contributed by atoms with Gasteiger partial charge in [0, 0.05) is 24.2 Å². The molecule has 2 aromatic rings. The normalized spacial score (nSPS) is 18.3. The van der Waals surface area contributed by atoms with Gasteiger partial charge in [0.25, 0.3) is 0 Å². The number of nitrogens with zero attached hydrogens (tertiary/aromatic N) is 2. The average Bonchev–Trinajstić information content (AvgIpc) is 3.17. The molecule has 0 radical (unpaired) electrons. The van der Waals surface area contributed by atoms with Crippen molar-refractivity contribution in [2.45, 2.75) is 58.8 Å². The van der Waals surface area contributed by atoms with Crippen molar-refractivity contribution in [3.05, 3.63) is 48.5 Å². The number of unbranched alkanes of at least 4 members (excludes halogenated alkanes) is 1. The predicted octanol–water partition coefficient (Wildman–Crippen LogP) is 4.46. The van der Waals surface area contributed by atoms with Crippen molar-refractivity contribution >= 4 is 0 Å². The average molecular weight is 373 g/mol. The number of aromatic nitrogens is 2. The van der Waals surface area contributed by atoms with E-state index in [0.717, 1.165) is 38.0 Å². The van der Waals surface area contributed by atoms with Crippen LogP contribution in [0.4, 0.5) is 0 Å². The highest BCUT2D eigenvalue weighted by Gasteiger charge is 2.40. The number of rotatable bonds is 9. The molecule has 0 saturated carbocycles. The van der Waals surface area contributed by atoms with Gasteiger partial charge in [0.05, 0.1) is 32.7 Å². The fraction of sp³-hybridized carbons (Fsp3) is 0.591. The minimum Gasteiger partial charge on any atom is -0.494 e. The Morgan fingerprint density at radius 2 is 1.89 bits per heavy atom. The molecular weight excluding hydrogens is 340 g/mol. The highest BCUT2D eigenvalue weighted by Crippen LogP contribution is 2.34. The van der Waals surface area contributed by atoms with Crippen LogP contribution < -0.4 is 4.74 Å². The molecule has 1 fully saturated rings. The van der Waals surface area contributed by atoms with Crippen molar-refractivity contribution in [1.29, 1.82) is 0 Å². The van der Waals surface area contributed by atoms with E-state index in [0.29, 0.717) is 19.8 Å². The van der Waals surface area contributed by atoms with Crippen LogP contribution in [-0.4, -0.2) is 35.2 Å². The Labute approximate surface area is 162 Å². The van der Waals surface area contributed by atoms with Gasteiger partial charge in [-0.05, 0) is 30.5 Å². The molecule has 5 nitrogen and oxygen atoms in total. The van der Waals surface area contributed by atoms with Gasteiger partial charge in [-0.2, -0.15) is 0 Å². The van der Waals surface area contributed by atoms with E-state index in [1.165, 1.54) is 5.56 Å². The Balaban J connectivity index is 1.61. The topological polar surface area (TPSA) is 45.5 Å². The first-order valence-corrected chi connectivity index (χ1v) is 9.96. The van der Waals surface area contributed by atoms with E-state index in [1.54, 1.807) is 6.20 Å². The standard InChI is InChI=1S/C22H32N2O3/c1-4-5-14-25-20-8-6-19(7-9-20)10-11-22(15-24-13-12-23-18-24)26-16-21(2,3)17-27-22/h6-9,12-13,18H,4-5,10-11,14-17H2,1-3H3. The lowest BCUT2D eigenvalue weighted by atomic mass is 9.93. The lowest BCUT2D eigenvalue weighted by Crippen LogP contribution is -2.50. The van der Waals surface area contributed by atoms with Crippen LogP contribution in [0, 0.1) is 5.41 Å². The zero-order valence-corrected chi connectivity index (χ0v) is 16.8. The van der Waals surface area contributed by atoms with Crippen molar-refractivity contribution < 1.29 is 14.2 Å². The molecule has 5 heteroatoms. The van der Waals surface area contributed by atoms with Gasteiger partial charge in [-0.15, -0.1) is 0 Å². The second-order valence-corrected chi connectivity index (χ2v) is 8.23. The van der Waals surface area contributed by atoms with Crippen LogP contribution in [0.15, 0.2) is 43.0 Å². The fourth-order valence-electron chi connectivity index (χ4n) is 3.13. The highest BCUT2D eigenvalue weighted by molar-refractivity contribution is 5.27. The summed E-state index contributed by atoms with van der Waals surface area (Å²) in [5.74, 6) is 0.333. The van der Waals surface area contributed by atoms with Gasteiger partial charge in [-0.3, -0.25) is 0 Å². The van der Waals surface area contributed by atoms with Crippen LogP contribution in [-0.2, 0) is 22.4 Å². The summed E-state index contributed by atoms with van der Waals surface area (Å²) >= 11 is 0. The van der Waals surface area contributed by atoms with Crippen molar-refractivity contribution in [2.75, 3.05) is 19.8 Å². The molecule has 0 atom stereocenters. The number of imidazole rings is 1. The lowest BCUT2D eigenvalue weighted by Gasteiger charge is -2.43. The third kappa shape index (κ3) is 5.81. The molecule has 27 heavy (non-hydrogen) atoms. The Kier molecular flexibility index (Phi) is 6.55. The molecule has 0 bridgehead atoms. The van der Waals surface area contributed by atoms with Gasteiger partial charge in [0.1, 0.15) is 5.75 Å². The van der Waals surface area contributed by atoms with Crippen LogP contribution in [0.25, 0.3) is 0 Å². The summed E-state index contributed by atoms with van der Waals surface area (Å²) in [5, 5.41) is 0. The van der Waals surface area contributed by atoms with E-state index in [-0.39, 0.29) is 5.41 Å². The number of hydrogen-bond acceptors (Lipinski definition) is 4. The molecule has 0 unspecified atom stereocenters. The molecule has 0 N–H and O–H groups in total. The summed E-state index contributed by atoms with van der Waals surface area (Å²) in [6.45, 7) is 9.35. The van der Waals surface area contributed by atoms with Crippen LogP contribution in [0.3, 0.4) is 0 Å². The van der Waals surface area contributed by atoms with Gasteiger partial charge in [0.2, 0.25) is 0 Å². The van der Waals surface area contributed by atoms with E-state index in [2.05, 4.69) is 50.0 Å². The molecule has 0 spiro atoms. The molecule has 1 aromatic carbocycles. The zero-order chi connectivity index (χ0) is 19.2. The number of aryl methyl sites for hydroxylation is 1. The van der Waals surface area contributed by atoms with Crippen molar-refractivity contribution in [3.8, 4) is 5.75 Å². The quantitative estimate of drug-likeness (QED) is 0.610. The molecule has 0 amide bonds. The number of hydrogen-bond donors (Lipinski definition) is 0. The summed E-state index contributed by atoms with van der Waals surface area (Å²) in [5.41, 5.74) is 1.32. The second-order valence-electron chi connectivity index (χ2n) is 8.23. The summed E-state index contributed by atoms with van der Waals surface area (Å²) in [4.78, 5) is 4.14. The second kappa shape index (κ2) is 8.89. The van der Waals surface area contributed by atoms with E-state index < -0.39 is 5.79 Å². The maximum atomic E-state index is 6.27. The van der Waals surface area contributed by atoms with Crippen LogP contribution in [0.2, 0.25) is 0 Å². The van der Waals surface area contributed by atoms with Gasteiger partial charge in [0.15, 0.2) is 5.79 Å². The Morgan fingerprint density at radius 1 is 1.15 bits per heavy atom. The first kappa shape index (κ1) is 19.9. The molecule has 148 valence electrons. The zero-order valence-electron chi connectivity index (χ0n) is 16.8. The predicted molar refractivity (Wildman–Crippen MR) is 106 cm³/mol. The largest absolute Gasteiger partial charge is 0.494 e. The summed E-state index contributed by atoms with van der Waals surface area (Å²) in [6, 6.07) is 8.39. The maximum absolute atomic E-state index is 6.27. The minimum absolute atomic E-state index is 0.0515. The minimum atomic E-state index is -0.605. The Hall–Kier alpha value is -1.85. The molecule has 1 saturated heterocycles. The Morgan fingerprint density at radius 3 is 2.52 bits per heavy atom. The molecule has 1 aliphatic rings. The fourth-order valence-corrected chi connectivity index (χ4v) is 3.13. The van der Waals surface area contributed by atoms with E-state index in [9.17, 15) is 0 Å². The SMILES string of the molecule is CCCCOc1ccc(CCC2(Cn3ccnc3)OCC(C)(C)CO2)cc1. The summed E-state index contributed by atoms with van der Waals surface area (Å²) in [7, 11) is 0. The highest BCUT2D eigenvalue weighted by atomic mass is 16.7. The van der Waals surface area contributed by atoms with Gasteiger partial charge >= 0.3 is 0 Å². The number of benzene rings is 1. The van der Waals surface area contributed by atoms with Crippen LogP contribution in [0.1, 0.15) is 45.6 Å². The van der Waals surface area contributed by atoms with Crippen molar-refractivity contribution in [1.82, 2.24) is 9.55 Å². The van der Waals surface area contributed by atoms with E-state index >= 15 is 0 Å². The smallest absolute Gasteiger partial charge is 0.186 e. The molecule has 0 aliphatic carbocycles. The molecular formula is C22H32N2O3. The molecule has 1 aliphatic heterocycles. The lowest BCUT2D eigenvalue weighted by molar-refractivity contribution is -0.307. The van der Waals surface area contributed by atoms with Crippen molar-refractivity contribution in [3.63, 3.8) is 0 Å². The van der Waals surface area contributed by atoms with Gasteiger partial charge in [-0.25, -0.2) is 4.98 Å². The monoisotopic (exact) mass is 372 g/mol. The molecule has 3 rings (SSSR count).